The van der Waals surface area contributed by atoms with E-state index < -0.39 is 71.6 Å². The molecular weight excluding hydrogens is 696 g/mol. The Labute approximate surface area is 311 Å². The zero-order chi connectivity index (χ0) is 39.0. The van der Waals surface area contributed by atoms with Gasteiger partial charge in [-0.05, 0) is 89.1 Å². The van der Waals surface area contributed by atoms with Crippen molar-refractivity contribution in [1.82, 2.24) is 19.9 Å². The molecule has 7 rings (SSSR count). The lowest BCUT2D eigenvalue weighted by Gasteiger charge is -2.44. The molecule has 0 saturated carbocycles. The zero-order valence-corrected chi connectivity index (χ0v) is 31.6. The second-order valence-electron chi connectivity index (χ2n) is 15.5. The Morgan fingerprint density at radius 1 is 0.704 bits per heavy atom. The van der Waals surface area contributed by atoms with Gasteiger partial charge in [0.2, 0.25) is 0 Å². The third kappa shape index (κ3) is 6.24. The Bertz CT molecular complexity index is 2230. The van der Waals surface area contributed by atoms with E-state index in [4.69, 9.17) is 28.9 Å². The van der Waals surface area contributed by atoms with E-state index >= 15 is 0 Å². The Hall–Kier alpha value is -4.76. The number of ketones is 2. The predicted octanol–water partition coefficient (Wildman–Crippen LogP) is 4.15. The van der Waals surface area contributed by atoms with Crippen molar-refractivity contribution in [2.75, 3.05) is 0 Å². The van der Waals surface area contributed by atoms with Crippen molar-refractivity contribution in [1.29, 1.82) is 0 Å². The molecular formula is C40H46N4O10. The Kier molecular flexibility index (Phi) is 9.40. The third-order valence-corrected chi connectivity index (χ3v) is 11.5. The minimum absolute atomic E-state index is 0.0804. The lowest BCUT2D eigenvalue weighted by molar-refractivity contribution is -0.197. The van der Waals surface area contributed by atoms with Crippen molar-refractivity contribution in [3.05, 3.63) is 70.3 Å². The molecule has 2 unspecified atom stereocenters. The van der Waals surface area contributed by atoms with Crippen LogP contribution in [0.1, 0.15) is 97.9 Å². The first-order chi connectivity index (χ1) is 25.4. The molecule has 0 spiro atoms. The maximum absolute atomic E-state index is 14.7. The molecule has 0 aliphatic carbocycles. The summed E-state index contributed by atoms with van der Waals surface area (Å²) in [6.45, 7) is 13.1. The van der Waals surface area contributed by atoms with E-state index in [1.165, 1.54) is 13.8 Å². The van der Waals surface area contributed by atoms with Crippen molar-refractivity contribution in [3.63, 3.8) is 0 Å². The van der Waals surface area contributed by atoms with Crippen LogP contribution in [0.2, 0.25) is 0 Å². The van der Waals surface area contributed by atoms with Gasteiger partial charge >= 0.3 is 11.9 Å². The summed E-state index contributed by atoms with van der Waals surface area (Å²) in [5, 5.41) is 21.3. The van der Waals surface area contributed by atoms with Gasteiger partial charge in [0, 0.05) is 48.8 Å². The highest BCUT2D eigenvalue weighted by Crippen LogP contribution is 2.44. The number of esters is 2. The number of aromatic amines is 2. The molecule has 3 aromatic heterocycles. The molecule has 14 nitrogen and oxygen atoms in total. The molecule has 2 fully saturated rings. The SMILES string of the molecule is CC(=O)O[C@H]1C[C@H](O)[C@H](C)O[C@@H]1C1(C)C(=O)c2cc3cc(C)c(cc4nc(cc5[nH]c(cc1n2)cc5C)C(=O)C4(C)[C@@H]1O[C@H](C)[C@H](O)C[C@H]1OC(C)=O)[nH]3. The highest BCUT2D eigenvalue weighted by molar-refractivity contribution is 6.07. The van der Waals surface area contributed by atoms with Gasteiger partial charge in [0.15, 0.2) is 11.6 Å². The molecule has 10 atom stereocenters. The van der Waals surface area contributed by atoms with Crippen LogP contribution < -0.4 is 0 Å². The van der Waals surface area contributed by atoms with Crippen molar-refractivity contribution >= 4 is 45.6 Å². The molecule has 4 aliphatic heterocycles. The lowest BCUT2D eigenvalue weighted by atomic mass is 9.73. The number of hydrogen-bond acceptors (Lipinski definition) is 12. The first kappa shape index (κ1) is 37.6. The summed E-state index contributed by atoms with van der Waals surface area (Å²) in [4.78, 5) is 70.1. The smallest absolute Gasteiger partial charge is 0.302 e. The molecule has 4 N–H and O–H groups in total. The number of fused-ring (bicyclic) bond motifs is 8. The number of rotatable bonds is 4. The van der Waals surface area contributed by atoms with Crippen molar-refractivity contribution in [2.45, 2.75) is 128 Å². The molecule has 8 bridgehead atoms. The molecule has 54 heavy (non-hydrogen) atoms. The summed E-state index contributed by atoms with van der Waals surface area (Å²) >= 11 is 0. The van der Waals surface area contributed by atoms with Crippen molar-refractivity contribution < 1.29 is 48.3 Å². The number of nitrogens with one attached hydrogen (secondary N) is 2. The number of aryl methyl sites for hydroxylation is 2. The van der Waals surface area contributed by atoms with E-state index in [0.29, 0.717) is 33.5 Å². The predicted molar refractivity (Wildman–Crippen MR) is 195 cm³/mol. The topological polar surface area (TPSA) is 203 Å². The summed E-state index contributed by atoms with van der Waals surface area (Å²) in [5.74, 6) is -1.83. The summed E-state index contributed by atoms with van der Waals surface area (Å²) < 4.78 is 23.9. The second kappa shape index (κ2) is 13.5. The zero-order valence-electron chi connectivity index (χ0n) is 31.6. The van der Waals surface area contributed by atoms with Crippen LogP contribution in [-0.4, -0.2) is 102 Å². The van der Waals surface area contributed by atoms with Crippen LogP contribution in [0.15, 0.2) is 36.4 Å². The largest absolute Gasteiger partial charge is 0.460 e. The van der Waals surface area contributed by atoms with Gasteiger partial charge in [-0.25, -0.2) is 9.97 Å². The van der Waals surface area contributed by atoms with Crippen molar-refractivity contribution in [3.8, 4) is 0 Å². The van der Waals surface area contributed by atoms with E-state index in [-0.39, 0.29) is 35.8 Å². The number of aliphatic hydroxyl groups is 2. The van der Waals surface area contributed by atoms with Gasteiger partial charge in [-0.3, -0.25) is 19.2 Å². The highest BCUT2D eigenvalue weighted by atomic mass is 16.6. The van der Waals surface area contributed by atoms with Crippen LogP contribution in [0.5, 0.6) is 0 Å². The van der Waals surface area contributed by atoms with Gasteiger partial charge in [-0.15, -0.1) is 0 Å². The van der Waals surface area contributed by atoms with Crippen LogP contribution in [-0.2, 0) is 39.4 Å². The summed E-state index contributed by atoms with van der Waals surface area (Å²) in [6.07, 6.45) is -6.74. The average molecular weight is 743 g/mol. The molecule has 0 radical (unpaired) electrons. The Morgan fingerprint density at radius 3 is 1.57 bits per heavy atom. The minimum Gasteiger partial charge on any atom is -0.460 e. The standard InChI is InChI=1S/C40H46N4O10/c1-17-10-24-12-33-39(7,37-31(53-21(5)45)15-29(47)19(3)51-37)35(49)27(43-33)11-23-9-18(2)26(41-23)14-34-40(8,36(50)28(44-34)13-25(17)42-24)38-32(54-22(6)46)16-30(48)20(4)52-38/h9-14,19-20,29-32,37-38,41-42,47-48H,15-16H2,1-8H3/t19-,20+,29-,30+,31-,32+,37-,38+,39?,40?/m0/s1. The molecule has 4 aliphatic rings. The molecule has 0 aromatic carbocycles. The quantitative estimate of drug-likeness (QED) is 0.279. The number of ether oxygens (including phenoxy) is 4. The number of nitrogens with zero attached hydrogens (tertiary/aromatic N) is 2. The van der Waals surface area contributed by atoms with Gasteiger partial charge in [-0.2, -0.15) is 0 Å². The molecule has 2 saturated heterocycles. The number of H-pyrrole nitrogens is 2. The van der Waals surface area contributed by atoms with Crippen LogP contribution in [0.4, 0.5) is 0 Å². The van der Waals surface area contributed by atoms with Gasteiger partial charge in [0.05, 0.1) is 35.8 Å². The van der Waals surface area contributed by atoms with E-state index in [1.54, 1.807) is 52.0 Å². The number of aromatic nitrogens is 4. The van der Waals surface area contributed by atoms with Gasteiger partial charge < -0.3 is 39.1 Å². The Balaban J connectivity index is 1.45. The van der Waals surface area contributed by atoms with E-state index in [0.717, 1.165) is 11.1 Å². The number of Topliss-reactive ketones (excluding diaryl/α,β-unsaturated/α-hetero) is 2. The van der Waals surface area contributed by atoms with Crippen LogP contribution in [0.25, 0.3) is 22.1 Å². The third-order valence-electron chi connectivity index (χ3n) is 11.5. The van der Waals surface area contributed by atoms with Crippen LogP contribution >= 0.6 is 0 Å². The fraction of sp³-hybridized carbons (Fsp3) is 0.500. The number of aliphatic hydroxyl groups excluding tert-OH is 2. The van der Waals surface area contributed by atoms with Crippen LogP contribution in [0.3, 0.4) is 0 Å². The number of carbonyl (C=O) groups excluding carboxylic acids is 4. The van der Waals surface area contributed by atoms with E-state index in [1.807, 2.05) is 26.0 Å². The van der Waals surface area contributed by atoms with Gasteiger partial charge in [0.1, 0.15) is 46.6 Å². The molecule has 7 heterocycles. The normalized spacial score (nSPS) is 32.7. The molecule has 286 valence electrons. The highest BCUT2D eigenvalue weighted by Gasteiger charge is 2.57. The number of hydrogen-bond donors (Lipinski definition) is 4. The fourth-order valence-electron chi connectivity index (χ4n) is 8.28. The maximum Gasteiger partial charge on any atom is 0.302 e. The summed E-state index contributed by atoms with van der Waals surface area (Å²) in [6, 6.07) is 10.5. The van der Waals surface area contributed by atoms with Gasteiger partial charge in [-0.1, -0.05) is 0 Å². The summed E-state index contributed by atoms with van der Waals surface area (Å²) in [5.41, 5.74) is 2.05. The molecule has 14 heteroatoms. The lowest BCUT2D eigenvalue weighted by Crippen LogP contribution is -2.57. The maximum atomic E-state index is 14.7. The van der Waals surface area contributed by atoms with Crippen molar-refractivity contribution in [2.24, 2.45) is 0 Å². The van der Waals surface area contributed by atoms with E-state index in [2.05, 4.69) is 9.97 Å². The van der Waals surface area contributed by atoms with E-state index in [9.17, 15) is 29.4 Å². The van der Waals surface area contributed by atoms with Crippen LogP contribution in [0, 0.1) is 13.8 Å². The summed E-state index contributed by atoms with van der Waals surface area (Å²) in [7, 11) is 0. The Morgan fingerprint density at radius 2 is 1.11 bits per heavy atom. The first-order valence-electron chi connectivity index (χ1n) is 18.2. The monoisotopic (exact) mass is 742 g/mol. The second-order valence-corrected chi connectivity index (χ2v) is 15.5. The fourth-order valence-corrected chi connectivity index (χ4v) is 8.28. The van der Waals surface area contributed by atoms with Gasteiger partial charge in [0.25, 0.3) is 0 Å². The first-order valence-corrected chi connectivity index (χ1v) is 18.2. The average Bonchev–Trinajstić information content (AvgIpc) is 3.76. The molecule has 0 amide bonds. The minimum atomic E-state index is -1.43. The number of carbonyl (C=O) groups is 4. The molecule has 3 aromatic rings.